The van der Waals surface area contributed by atoms with Gasteiger partial charge in [-0.1, -0.05) is 6.92 Å². The molecule has 0 saturated carbocycles. The SMILES string of the molecule is CCCNC1CSCC1Cc1cnn(C)c1. The maximum atomic E-state index is 4.24. The molecule has 2 rings (SSSR count). The van der Waals surface area contributed by atoms with E-state index >= 15 is 0 Å². The van der Waals surface area contributed by atoms with Crippen LogP contribution in [0.5, 0.6) is 0 Å². The Morgan fingerprint density at radius 3 is 3.12 bits per heavy atom. The van der Waals surface area contributed by atoms with Crippen molar-refractivity contribution in [1.29, 1.82) is 0 Å². The van der Waals surface area contributed by atoms with Gasteiger partial charge < -0.3 is 5.32 Å². The molecular weight excluding hydrogens is 218 g/mol. The van der Waals surface area contributed by atoms with E-state index in [9.17, 15) is 0 Å². The minimum absolute atomic E-state index is 0.699. The first-order valence-corrected chi connectivity index (χ1v) is 7.23. The number of aromatic nitrogens is 2. The Labute approximate surface area is 102 Å². The average molecular weight is 239 g/mol. The van der Waals surface area contributed by atoms with Gasteiger partial charge in [0.15, 0.2) is 0 Å². The summed E-state index contributed by atoms with van der Waals surface area (Å²) in [6.07, 6.45) is 6.53. The van der Waals surface area contributed by atoms with Crippen molar-refractivity contribution in [3.05, 3.63) is 18.0 Å². The lowest BCUT2D eigenvalue weighted by molar-refractivity contribution is 0.425. The zero-order chi connectivity index (χ0) is 11.4. The normalized spacial score (nSPS) is 25.1. The Morgan fingerprint density at radius 1 is 1.56 bits per heavy atom. The summed E-state index contributed by atoms with van der Waals surface area (Å²) in [5.74, 6) is 3.34. The summed E-state index contributed by atoms with van der Waals surface area (Å²) < 4.78 is 1.89. The minimum Gasteiger partial charge on any atom is -0.313 e. The first kappa shape index (κ1) is 12.0. The van der Waals surface area contributed by atoms with Crippen molar-refractivity contribution in [2.24, 2.45) is 13.0 Å². The third-order valence-corrected chi connectivity index (χ3v) is 4.37. The highest BCUT2D eigenvalue weighted by Crippen LogP contribution is 2.27. The molecule has 0 amide bonds. The van der Waals surface area contributed by atoms with Gasteiger partial charge in [0.1, 0.15) is 0 Å². The van der Waals surface area contributed by atoms with Gasteiger partial charge in [-0.25, -0.2) is 0 Å². The van der Waals surface area contributed by atoms with Crippen LogP contribution in [0.2, 0.25) is 0 Å². The van der Waals surface area contributed by atoms with E-state index in [1.807, 2.05) is 17.9 Å². The molecule has 1 aromatic heterocycles. The molecule has 1 saturated heterocycles. The number of hydrogen-bond donors (Lipinski definition) is 1. The Morgan fingerprint density at radius 2 is 2.44 bits per heavy atom. The molecule has 16 heavy (non-hydrogen) atoms. The van der Waals surface area contributed by atoms with Crippen LogP contribution in [0.4, 0.5) is 0 Å². The summed E-state index contributed by atoms with van der Waals surface area (Å²) in [6.45, 7) is 3.37. The molecule has 1 fully saturated rings. The molecule has 2 heterocycles. The fraction of sp³-hybridized carbons (Fsp3) is 0.750. The predicted octanol–water partition coefficient (Wildman–Crippen LogP) is 1.69. The third-order valence-electron chi connectivity index (χ3n) is 3.11. The van der Waals surface area contributed by atoms with Gasteiger partial charge in [0.2, 0.25) is 0 Å². The molecular formula is C12H21N3S. The molecule has 4 heteroatoms. The van der Waals surface area contributed by atoms with E-state index in [2.05, 4.69) is 35.3 Å². The fourth-order valence-electron chi connectivity index (χ4n) is 2.24. The lowest BCUT2D eigenvalue weighted by Crippen LogP contribution is -2.36. The maximum absolute atomic E-state index is 4.24. The number of rotatable bonds is 5. The van der Waals surface area contributed by atoms with Crippen LogP contribution in [0.3, 0.4) is 0 Å². The monoisotopic (exact) mass is 239 g/mol. The van der Waals surface area contributed by atoms with Crippen LogP contribution in [-0.2, 0) is 13.5 Å². The van der Waals surface area contributed by atoms with E-state index in [4.69, 9.17) is 0 Å². The summed E-state index contributed by atoms with van der Waals surface area (Å²) in [7, 11) is 1.99. The van der Waals surface area contributed by atoms with Gasteiger partial charge in [0.05, 0.1) is 6.20 Å². The van der Waals surface area contributed by atoms with Crippen LogP contribution in [0.25, 0.3) is 0 Å². The van der Waals surface area contributed by atoms with Crippen molar-refractivity contribution in [3.63, 3.8) is 0 Å². The van der Waals surface area contributed by atoms with E-state index in [1.165, 1.54) is 29.9 Å². The number of thioether (sulfide) groups is 1. The molecule has 0 aromatic carbocycles. The summed E-state index contributed by atoms with van der Waals surface area (Å²) in [5.41, 5.74) is 1.37. The number of hydrogen-bond acceptors (Lipinski definition) is 3. The van der Waals surface area contributed by atoms with Crippen molar-refractivity contribution in [2.45, 2.75) is 25.8 Å². The van der Waals surface area contributed by atoms with Gasteiger partial charge in [-0.15, -0.1) is 0 Å². The molecule has 0 aliphatic carbocycles. The van der Waals surface area contributed by atoms with Crippen molar-refractivity contribution in [2.75, 3.05) is 18.1 Å². The number of nitrogens with zero attached hydrogens (tertiary/aromatic N) is 2. The Balaban J connectivity index is 1.88. The average Bonchev–Trinajstić information content (AvgIpc) is 2.86. The van der Waals surface area contributed by atoms with Crippen molar-refractivity contribution >= 4 is 11.8 Å². The summed E-state index contributed by atoms with van der Waals surface area (Å²) >= 11 is 2.08. The zero-order valence-corrected chi connectivity index (χ0v) is 11.0. The second-order valence-electron chi connectivity index (χ2n) is 4.58. The first-order chi connectivity index (χ1) is 7.79. The van der Waals surface area contributed by atoms with Gasteiger partial charge in [0, 0.05) is 25.0 Å². The van der Waals surface area contributed by atoms with Gasteiger partial charge in [-0.05, 0) is 36.6 Å². The van der Waals surface area contributed by atoms with E-state index in [0.717, 1.165) is 12.5 Å². The molecule has 0 radical (unpaired) electrons. The van der Waals surface area contributed by atoms with E-state index in [1.54, 1.807) is 0 Å². The summed E-state index contributed by atoms with van der Waals surface area (Å²) in [6, 6.07) is 0.699. The zero-order valence-electron chi connectivity index (χ0n) is 10.1. The Hall–Kier alpha value is -0.480. The molecule has 3 nitrogen and oxygen atoms in total. The highest BCUT2D eigenvalue weighted by molar-refractivity contribution is 7.99. The van der Waals surface area contributed by atoms with Crippen LogP contribution < -0.4 is 5.32 Å². The topological polar surface area (TPSA) is 29.9 Å². The molecule has 2 unspecified atom stereocenters. The molecule has 1 aromatic rings. The predicted molar refractivity (Wildman–Crippen MR) is 69.8 cm³/mol. The van der Waals surface area contributed by atoms with Crippen LogP contribution in [-0.4, -0.2) is 33.9 Å². The lowest BCUT2D eigenvalue weighted by atomic mass is 9.96. The number of aryl methyl sites for hydroxylation is 1. The van der Waals surface area contributed by atoms with Gasteiger partial charge in [-0.3, -0.25) is 4.68 Å². The second kappa shape index (κ2) is 5.73. The fourth-order valence-corrected chi connectivity index (χ4v) is 3.67. The van der Waals surface area contributed by atoms with Crippen molar-refractivity contribution in [1.82, 2.24) is 15.1 Å². The van der Waals surface area contributed by atoms with Crippen LogP contribution in [0, 0.1) is 5.92 Å². The number of nitrogens with one attached hydrogen (secondary N) is 1. The molecule has 1 aliphatic rings. The van der Waals surface area contributed by atoms with E-state index in [0.29, 0.717) is 6.04 Å². The Bertz CT molecular complexity index is 324. The summed E-state index contributed by atoms with van der Waals surface area (Å²) in [4.78, 5) is 0. The molecule has 0 spiro atoms. The molecule has 2 atom stereocenters. The van der Waals surface area contributed by atoms with Gasteiger partial charge in [-0.2, -0.15) is 16.9 Å². The smallest absolute Gasteiger partial charge is 0.0521 e. The van der Waals surface area contributed by atoms with Crippen LogP contribution in [0.1, 0.15) is 18.9 Å². The summed E-state index contributed by atoms with van der Waals surface area (Å²) in [5, 5.41) is 7.90. The minimum atomic E-state index is 0.699. The Kier molecular flexibility index (Phi) is 4.29. The van der Waals surface area contributed by atoms with Crippen LogP contribution in [0.15, 0.2) is 12.4 Å². The third kappa shape index (κ3) is 3.01. The first-order valence-electron chi connectivity index (χ1n) is 6.08. The molecule has 1 aliphatic heterocycles. The highest BCUT2D eigenvalue weighted by atomic mass is 32.2. The van der Waals surface area contributed by atoms with Crippen molar-refractivity contribution in [3.8, 4) is 0 Å². The largest absolute Gasteiger partial charge is 0.313 e. The quantitative estimate of drug-likeness (QED) is 0.848. The van der Waals surface area contributed by atoms with Gasteiger partial charge >= 0.3 is 0 Å². The molecule has 0 bridgehead atoms. The second-order valence-corrected chi connectivity index (χ2v) is 5.66. The van der Waals surface area contributed by atoms with E-state index in [-0.39, 0.29) is 0 Å². The molecule has 1 N–H and O–H groups in total. The maximum Gasteiger partial charge on any atom is 0.0521 e. The molecule has 90 valence electrons. The lowest BCUT2D eigenvalue weighted by Gasteiger charge is -2.19. The van der Waals surface area contributed by atoms with Gasteiger partial charge in [0.25, 0.3) is 0 Å². The standard InChI is InChI=1S/C12H21N3S/c1-3-4-13-12-9-16-8-11(12)5-10-6-14-15(2)7-10/h6-7,11-13H,3-5,8-9H2,1-2H3. The van der Waals surface area contributed by atoms with E-state index < -0.39 is 0 Å². The van der Waals surface area contributed by atoms with Crippen molar-refractivity contribution < 1.29 is 0 Å². The van der Waals surface area contributed by atoms with Crippen LogP contribution >= 0.6 is 11.8 Å². The highest BCUT2D eigenvalue weighted by Gasteiger charge is 2.27.